The van der Waals surface area contributed by atoms with Crippen molar-refractivity contribution in [1.29, 1.82) is 5.26 Å². The third kappa shape index (κ3) is 4.06. The summed E-state index contributed by atoms with van der Waals surface area (Å²) in [6.07, 6.45) is -0.245. The largest absolute Gasteiger partial charge is 0.491 e. The lowest BCUT2D eigenvalue weighted by Crippen LogP contribution is -2.56. The second-order valence-corrected chi connectivity index (χ2v) is 7.00. The van der Waals surface area contributed by atoms with Gasteiger partial charge in [0.05, 0.1) is 17.7 Å². The van der Waals surface area contributed by atoms with Crippen LogP contribution in [0.25, 0.3) is 0 Å². The zero-order chi connectivity index (χ0) is 18.7. The number of nitriles is 1. The Morgan fingerprint density at radius 1 is 1.38 bits per heavy atom. The molecule has 1 fully saturated rings. The monoisotopic (exact) mass is 354 g/mol. The van der Waals surface area contributed by atoms with Gasteiger partial charge in [0, 0.05) is 12.6 Å². The van der Waals surface area contributed by atoms with Crippen molar-refractivity contribution in [1.82, 2.24) is 4.90 Å². The number of amides is 1. The summed E-state index contributed by atoms with van der Waals surface area (Å²) < 4.78 is 17.2. The maximum absolute atomic E-state index is 12.9. The van der Waals surface area contributed by atoms with Gasteiger partial charge in [-0.05, 0) is 32.9 Å². The third-order valence-corrected chi connectivity index (χ3v) is 4.21. The van der Waals surface area contributed by atoms with Gasteiger partial charge in [0.1, 0.15) is 30.3 Å². The van der Waals surface area contributed by atoms with E-state index in [4.69, 9.17) is 19.2 Å². The molecule has 2 aromatic rings. The van der Waals surface area contributed by atoms with Crippen LogP contribution in [-0.4, -0.2) is 42.2 Å². The lowest BCUT2D eigenvalue weighted by atomic mass is 10.0. The first-order valence-electron chi connectivity index (χ1n) is 8.53. The Hall–Kier alpha value is -2.78. The molecule has 26 heavy (non-hydrogen) atoms. The molecule has 136 valence electrons. The van der Waals surface area contributed by atoms with Crippen molar-refractivity contribution in [3.05, 3.63) is 53.5 Å². The van der Waals surface area contributed by atoms with E-state index in [2.05, 4.69) is 0 Å². The molecule has 0 unspecified atom stereocenters. The van der Waals surface area contributed by atoms with E-state index in [1.165, 1.54) is 6.07 Å². The van der Waals surface area contributed by atoms with Gasteiger partial charge in [0.25, 0.3) is 5.91 Å². The van der Waals surface area contributed by atoms with Crippen LogP contribution in [0.15, 0.2) is 40.8 Å². The predicted molar refractivity (Wildman–Crippen MR) is 95.0 cm³/mol. The molecule has 1 aliphatic rings. The van der Waals surface area contributed by atoms with E-state index in [0.29, 0.717) is 31.0 Å². The van der Waals surface area contributed by atoms with Crippen LogP contribution in [0.4, 0.5) is 0 Å². The number of rotatable bonds is 4. The molecule has 0 saturated carbocycles. The van der Waals surface area contributed by atoms with E-state index in [9.17, 15) is 4.79 Å². The van der Waals surface area contributed by atoms with Crippen molar-refractivity contribution in [3.8, 4) is 11.8 Å². The van der Waals surface area contributed by atoms with Crippen LogP contribution >= 0.6 is 0 Å². The molecule has 6 nitrogen and oxygen atoms in total. The lowest BCUT2D eigenvalue weighted by Gasteiger charge is -2.42. The average Bonchev–Trinajstić information content (AvgIpc) is 3.00. The Bertz CT molecular complexity index is 820. The number of hydrogen-bond donors (Lipinski definition) is 0. The van der Waals surface area contributed by atoms with Gasteiger partial charge in [-0.15, -0.1) is 0 Å². The first kappa shape index (κ1) is 18.0. The van der Waals surface area contributed by atoms with E-state index < -0.39 is 5.60 Å². The lowest BCUT2D eigenvalue weighted by molar-refractivity contribution is -0.136. The summed E-state index contributed by atoms with van der Waals surface area (Å²) in [5.74, 6) is 1.20. The minimum atomic E-state index is -0.492. The summed E-state index contributed by atoms with van der Waals surface area (Å²) in [7, 11) is 0. The first-order valence-corrected chi connectivity index (χ1v) is 8.53. The first-order chi connectivity index (χ1) is 12.4. The van der Waals surface area contributed by atoms with Gasteiger partial charge < -0.3 is 18.8 Å². The molecule has 3 rings (SSSR count). The van der Waals surface area contributed by atoms with E-state index in [1.807, 2.05) is 50.2 Å². The number of hydrogen-bond acceptors (Lipinski definition) is 5. The fourth-order valence-electron chi connectivity index (χ4n) is 3.16. The predicted octanol–water partition coefficient (Wildman–Crippen LogP) is 3.16. The van der Waals surface area contributed by atoms with Crippen molar-refractivity contribution in [2.24, 2.45) is 0 Å². The molecule has 6 heteroatoms. The Balaban J connectivity index is 1.72. The Kier molecular flexibility index (Phi) is 5.01. The maximum Gasteiger partial charge on any atom is 0.257 e. The minimum absolute atomic E-state index is 0.141. The molecule has 0 aliphatic carbocycles. The number of carbonyl (C=O) groups excluding carboxylic acids is 1. The highest BCUT2D eigenvalue weighted by Gasteiger charge is 2.37. The van der Waals surface area contributed by atoms with Crippen molar-refractivity contribution in [3.63, 3.8) is 0 Å². The van der Waals surface area contributed by atoms with E-state index in [1.54, 1.807) is 11.8 Å². The van der Waals surface area contributed by atoms with Crippen molar-refractivity contribution in [2.75, 3.05) is 19.7 Å². The number of para-hydroxylation sites is 1. The zero-order valence-corrected chi connectivity index (χ0v) is 15.2. The SMILES string of the molecule is Cc1oc(C#N)cc1C(=O)N1C[C@@H](COc2ccccc2)OC(C)(C)C1. The Labute approximate surface area is 152 Å². The summed E-state index contributed by atoms with van der Waals surface area (Å²) in [6.45, 7) is 6.82. The Morgan fingerprint density at radius 2 is 2.12 bits per heavy atom. The van der Waals surface area contributed by atoms with Gasteiger partial charge in [0.15, 0.2) is 0 Å². The minimum Gasteiger partial charge on any atom is -0.491 e. The van der Waals surface area contributed by atoms with Crippen LogP contribution in [0.3, 0.4) is 0 Å². The van der Waals surface area contributed by atoms with Crippen LogP contribution in [-0.2, 0) is 4.74 Å². The van der Waals surface area contributed by atoms with Gasteiger partial charge in [-0.25, -0.2) is 0 Å². The van der Waals surface area contributed by atoms with E-state index in [-0.39, 0.29) is 17.8 Å². The van der Waals surface area contributed by atoms with E-state index >= 15 is 0 Å². The quantitative estimate of drug-likeness (QED) is 0.843. The molecule has 0 spiro atoms. The fourth-order valence-corrected chi connectivity index (χ4v) is 3.16. The molecule has 1 aromatic heterocycles. The molecule has 0 bridgehead atoms. The van der Waals surface area contributed by atoms with Crippen molar-refractivity contribution >= 4 is 5.91 Å². The van der Waals surface area contributed by atoms with Crippen molar-refractivity contribution in [2.45, 2.75) is 32.5 Å². The number of morpholine rings is 1. The molecule has 0 N–H and O–H groups in total. The average molecular weight is 354 g/mol. The molecule has 1 saturated heterocycles. The molecule has 1 aromatic carbocycles. The van der Waals surface area contributed by atoms with Crippen LogP contribution < -0.4 is 4.74 Å². The van der Waals surface area contributed by atoms with Crippen LogP contribution in [0, 0.1) is 18.3 Å². The number of nitrogens with zero attached hydrogens (tertiary/aromatic N) is 2. The maximum atomic E-state index is 12.9. The molecule has 0 radical (unpaired) electrons. The molecular weight excluding hydrogens is 332 g/mol. The molecular formula is C20H22N2O4. The molecule has 1 atom stereocenters. The second-order valence-electron chi connectivity index (χ2n) is 7.00. The second kappa shape index (κ2) is 7.22. The van der Waals surface area contributed by atoms with Crippen LogP contribution in [0.5, 0.6) is 5.75 Å². The number of carbonyl (C=O) groups is 1. The Morgan fingerprint density at radius 3 is 2.77 bits per heavy atom. The van der Waals surface area contributed by atoms with Gasteiger partial charge in [-0.3, -0.25) is 4.79 Å². The summed E-state index contributed by atoms with van der Waals surface area (Å²) in [5.41, 5.74) is -0.0732. The van der Waals surface area contributed by atoms with Gasteiger partial charge in [-0.1, -0.05) is 18.2 Å². The highest BCUT2D eigenvalue weighted by Crippen LogP contribution is 2.25. The number of furan rings is 1. The molecule has 1 amide bonds. The summed E-state index contributed by atoms with van der Waals surface area (Å²) in [4.78, 5) is 14.7. The normalized spacial score (nSPS) is 19.0. The third-order valence-electron chi connectivity index (χ3n) is 4.21. The topological polar surface area (TPSA) is 75.7 Å². The van der Waals surface area contributed by atoms with Crippen LogP contribution in [0.1, 0.15) is 35.7 Å². The smallest absolute Gasteiger partial charge is 0.257 e. The van der Waals surface area contributed by atoms with Gasteiger partial charge >= 0.3 is 0 Å². The number of aryl methyl sites for hydroxylation is 1. The van der Waals surface area contributed by atoms with Gasteiger partial charge in [0.2, 0.25) is 5.76 Å². The van der Waals surface area contributed by atoms with Crippen LogP contribution in [0.2, 0.25) is 0 Å². The summed E-state index contributed by atoms with van der Waals surface area (Å²) in [6, 6.07) is 12.9. The zero-order valence-electron chi connectivity index (χ0n) is 15.2. The molecule has 2 heterocycles. The summed E-state index contributed by atoms with van der Waals surface area (Å²) >= 11 is 0. The highest BCUT2D eigenvalue weighted by atomic mass is 16.5. The summed E-state index contributed by atoms with van der Waals surface area (Å²) in [5, 5.41) is 8.97. The standard InChI is InChI=1S/C20H22N2O4/c1-14-18(9-16(10-21)25-14)19(23)22-11-17(26-20(2,3)13-22)12-24-15-7-5-4-6-8-15/h4-9,17H,11-13H2,1-3H3/t17-/m0/s1. The number of benzene rings is 1. The molecule has 1 aliphatic heterocycles. The van der Waals surface area contributed by atoms with E-state index in [0.717, 1.165) is 5.75 Å². The van der Waals surface area contributed by atoms with Crippen molar-refractivity contribution < 1.29 is 18.7 Å². The fraction of sp³-hybridized carbons (Fsp3) is 0.400. The van der Waals surface area contributed by atoms with Gasteiger partial charge in [-0.2, -0.15) is 5.26 Å². The highest BCUT2D eigenvalue weighted by molar-refractivity contribution is 5.95. The number of ether oxygens (including phenoxy) is 2.